The van der Waals surface area contributed by atoms with Crippen molar-refractivity contribution >= 4 is 23.4 Å². The molecule has 2 aromatic carbocycles. The molecule has 0 radical (unpaired) electrons. The van der Waals surface area contributed by atoms with E-state index in [9.17, 15) is 18.8 Å². The van der Waals surface area contributed by atoms with Gasteiger partial charge in [0.25, 0.3) is 0 Å². The summed E-state index contributed by atoms with van der Waals surface area (Å²) in [6.07, 6.45) is 0.358. The van der Waals surface area contributed by atoms with E-state index in [0.29, 0.717) is 24.4 Å². The summed E-state index contributed by atoms with van der Waals surface area (Å²) >= 11 is 0. The lowest BCUT2D eigenvalue weighted by Crippen LogP contribution is -2.59. The lowest BCUT2D eigenvalue weighted by atomic mass is 10.1. The Labute approximate surface area is 180 Å². The van der Waals surface area contributed by atoms with Gasteiger partial charge in [-0.3, -0.25) is 14.4 Å². The third-order valence-electron chi connectivity index (χ3n) is 5.31. The van der Waals surface area contributed by atoms with Crippen molar-refractivity contribution in [3.05, 3.63) is 59.4 Å². The number of halogens is 1. The van der Waals surface area contributed by atoms with E-state index in [1.165, 1.54) is 29.0 Å². The number of hydrogen-bond acceptors (Lipinski definition) is 4. The van der Waals surface area contributed by atoms with Gasteiger partial charge in [0.05, 0.1) is 12.8 Å². The zero-order valence-corrected chi connectivity index (χ0v) is 17.9. The highest BCUT2D eigenvalue weighted by atomic mass is 19.1. The van der Waals surface area contributed by atoms with Crippen LogP contribution in [0.1, 0.15) is 24.5 Å². The van der Waals surface area contributed by atoms with E-state index in [4.69, 9.17) is 4.74 Å². The van der Waals surface area contributed by atoms with Crippen LogP contribution in [0.25, 0.3) is 0 Å². The summed E-state index contributed by atoms with van der Waals surface area (Å²) in [6, 6.07) is 10.4. The average molecular weight is 427 g/mol. The first kappa shape index (κ1) is 22.3. The van der Waals surface area contributed by atoms with Crippen LogP contribution in [0, 0.1) is 12.7 Å². The van der Waals surface area contributed by atoms with Crippen molar-refractivity contribution in [2.75, 3.05) is 25.5 Å². The van der Waals surface area contributed by atoms with Crippen LogP contribution in [-0.4, -0.2) is 53.8 Å². The van der Waals surface area contributed by atoms with Gasteiger partial charge in [-0.05, 0) is 48.7 Å². The summed E-state index contributed by atoms with van der Waals surface area (Å²) < 4.78 is 18.4. The van der Waals surface area contributed by atoms with E-state index < -0.39 is 17.9 Å². The van der Waals surface area contributed by atoms with Gasteiger partial charge in [-0.25, -0.2) is 4.39 Å². The first-order valence-corrected chi connectivity index (χ1v) is 10.1. The number of rotatable bonds is 7. The van der Waals surface area contributed by atoms with E-state index >= 15 is 0 Å². The Balaban J connectivity index is 1.70. The largest absolute Gasteiger partial charge is 0.495 e. The predicted octanol–water partition coefficient (Wildman–Crippen LogP) is 2.73. The summed E-state index contributed by atoms with van der Waals surface area (Å²) in [4.78, 5) is 41.1. The fourth-order valence-electron chi connectivity index (χ4n) is 3.63. The Hall–Kier alpha value is -3.42. The number of nitrogens with zero attached hydrogens (tertiary/aromatic N) is 2. The third-order valence-corrected chi connectivity index (χ3v) is 5.31. The summed E-state index contributed by atoms with van der Waals surface area (Å²) in [5.41, 5.74) is 2.19. The number of carbonyl (C=O) groups excluding carboxylic acids is 3. The molecule has 1 aliphatic rings. The number of carbonyl (C=O) groups is 3. The Morgan fingerprint density at radius 2 is 1.84 bits per heavy atom. The molecule has 3 rings (SSSR count). The fraction of sp³-hybridized carbons (Fsp3) is 0.348. The van der Waals surface area contributed by atoms with Crippen LogP contribution < -0.4 is 10.1 Å². The van der Waals surface area contributed by atoms with Gasteiger partial charge in [0.1, 0.15) is 17.6 Å². The van der Waals surface area contributed by atoms with Gasteiger partial charge in [0.15, 0.2) is 0 Å². The summed E-state index contributed by atoms with van der Waals surface area (Å²) in [5, 5.41) is 2.82. The van der Waals surface area contributed by atoms with Gasteiger partial charge in [-0.1, -0.05) is 25.1 Å². The van der Waals surface area contributed by atoms with Crippen LogP contribution in [0.3, 0.4) is 0 Å². The zero-order valence-electron chi connectivity index (χ0n) is 17.9. The van der Waals surface area contributed by atoms with Gasteiger partial charge in [-0.2, -0.15) is 0 Å². The molecule has 1 aliphatic heterocycles. The molecule has 0 aromatic heterocycles. The van der Waals surface area contributed by atoms with Crippen LogP contribution in [0.2, 0.25) is 0 Å². The maximum atomic E-state index is 13.1. The first-order chi connectivity index (χ1) is 14.8. The number of amides is 3. The zero-order chi connectivity index (χ0) is 22.5. The number of ether oxygens (including phenoxy) is 1. The van der Waals surface area contributed by atoms with Crippen molar-refractivity contribution in [1.82, 2.24) is 9.80 Å². The molecule has 1 heterocycles. The number of aryl methyl sites for hydroxylation is 1. The van der Waals surface area contributed by atoms with Crippen LogP contribution in [0.5, 0.6) is 5.75 Å². The summed E-state index contributed by atoms with van der Waals surface area (Å²) in [7, 11) is 1.51. The summed E-state index contributed by atoms with van der Waals surface area (Å²) in [5.74, 6) is -1.61. The van der Waals surface area contributed by atoms with Gasteiger partial charge in [0.2, 0.25) is 5.91 Å². The van der Waals surface area contributed by atoms with Crippen LogP contribution in [-0.2, 0) is 20.9 Å². The van der Waals surface area contributed by atoms with E-state index in [1.54, 1.807) is 31.2 Å². The van der Waals surface area contributed by atoms with Gasteiger partial charge in [0, 0.05) is 19.6 Å². The Morgan fingerprint density at radius 3 is 2.48 bits per heavy atom. The highest BCUT2D eigenvalue weighted by Gasteiger charge is 2.38. The highest BCUT2D eigenvalue weighted by Crippen LogP contribution is 2.26. The maximum absolute atomic E-state index is 13.1. The smallest absolute Gasteiger partial charge is 0.312 e. The first-order valence-electron chi connectivity index (χ1n) is 10.1. The Bertz CT molecular complexity index is 977. The molecule has 3 amide bonds. The summed E-state index contributed by atoms with van der Waals surface area (Å²) in [6.45, 7) is 4.43. The molecule has 164 valence electrons. The van der Waals surface area contributed by atoms with E-state index in [0.717, 1.165) is 11.1 Å². The number of piperazine rings is 1. The van der Waals surface area contributed by atoms with Gasteiger partial charge < -0.3 is 19.9 Å². The second kappa shape index (κ2) is 9.59. The third kappa shape index (κ3) is 5.02. The molecular weight excluding hydrogens is 401 g/mol. The standard InChI is InChI=1S/C23H26FN3O4/c1-4-19(21(28)25-18-13-15(2)5-10-20(18)31-3)27-12-11-26(22(29)23(27)30)14-16-6-8-17(24)9-7-16/h5-10,13,19H,4,11-12,14H2,1-3H3,(H,25,28)/t19-/m0/s1. The monoisotopic (exact) mass is 427 g/mol. The van der Waals surface area contributed by atoms with Crippen molar-refractivity contribution in [3.63, 3.8) is 0 Å². The van der Waals surface area contributed by atoms with Crippen molar-refractivity contribution in [2.24, 2.45) is 0 Å². The number of anilines is 1. The normalized spacial score (nSPS) is 15.1. The molecule has 0 saturated carbocycles. The molecule has 2 aromatic rings. The number of nitrogens with one attached hydrogen (secondary N) is 1. The van der Waals surface area contributed by atoms with Crippen LogP contribution in [0.4, 0.5) is 10.1 Å². The quantitative estimate of drug-likeness (QED) is 0.690. The van der Waals surface area contributed by atoms with E-state index in [-0.39, 0.29) is 24.8 Å². The number of methoxy groups -OCH3 is 1. The minimum Gasteiger partial charge on any atom is -0.495 e. The second-order valence-electron chi connectivity index (χ2n) is 7.47. The maximum Gasteiger partial charge on any atom is 0.312 e. The molecule has 0 spiro atoms. The molecule has 1 N–H and O–H groups in total. The molecular formula is C23H26FN3O4. The Morgan fingerprint density at radius 1 is 1.13 bits per heavy atom. The minimum atomic E-state index is -0.783. The Kier molecular flexibility index (Phi) is 6.89. The number of benzene rings is 2. The molecule has 1 atom stereocenters. The molecule has 0 aliphatic carbocycles. The molecule has 0 unspecified atom stereocenters. The molecule has 31 heavy (non-hydrogen) atoms. The number of hydrogen-bond donors (Lipinski definition) is 1. The van der Waals surface area contributed by atoms with Crippen LogP contribution in [0.15, 0.2) is 42.5 Å². The molecule has 7 nitrogen and oxygen atoms in total. The van der Waals surface area contributed by atoms with Crippen molar-refractivity contribution in [3.8, 4) is 5.75 Å². The van der Waals surface area contributed by atoms with Gasteiger partial charge in [-0.15, -0.1) is 0 Å². The molecule has 1 saturated heterocycles. The highest BCUT2D eigenvalue weighted by molar-refractivity contribution is 6.35. The van der Waals surface area contributed by atoms with E-state index in [2.05, 4.69) is 5.32 Å². The van der Waals surface area contributed by atoms with Crippen molar-refractivity contribution in [2.45, 2.75) is 32.9 Å². The molecule has 1 fully saturated rings. The molecule has 8 heteroatoms. The van der Waals surface area contributed by atoms with Crippen molar-refractivity contribution in [1.29, 1.82) is 0 Å². The lowest BCUT2D eigenvalue weighted by Gasteiger charge is -2.37. The SMILES string of the molecule is CC[C@@H](C(=O)Nc1cc(C)ccc1OC)N1CCN(Cc2ccc(F)cc2)C(=O)C1=O. The van der Waals surface area contributed by atoms with E-state index in [1.807, 2.05) is 13.0 Å². The topological polar surface area (TPSA) is 79.0 Å². The van der Waals surface area contributed by atoms with Crippen molar-refractivity contribution < 1.29 is 23.5 Å². The fourth-order valence-corrected chi connectivity index (χ4v) is 3.63. The van der Waals surface area contributed by atoms with Gasteiger partial charge >= 0.3 is 11.8 Å². The predicted molar refractivity (Wildman–Crippen MR) is 114 cm³/mol. The molecule has 0 bridgehead atoms. The van der Waals surface area contributed by atoms with Crippen LogP contribution >= 0.6 is 0 Å². The average Bonchev–Trinajstić information content (AvgIpc) is 2.75. The second-order valence-corrected chi connectivity index (χ2v) is 7.47. The lowest BCUT2D eigenvalue weighted by molar-refractivity contribution is -0.159. The minimum absolute atomic E-state index is 0.210.